The van der Waals surface area contributed by atoms with Crippen molar-refractivity contribution in [1.29, 1.82) is 0 Å². The molecule has 128 valence electrons. The molecule has 0 saturated heterocycles. The van der Waals surface area contributed by atoms with Gasteiger partial charge in [-0.1, -0.05) is 41.4 Å². The van der Waals surface area contributed by atoms with Crippen molar-refractivity contribution in [3.63, 3.8) is 0 Å². The van der Waals surface area contributed by atoms with E-state index in [2.05, 4.69) is 20.9 Å². The highest BCUT2D eigenvalue weighted by Crippen LogP contribution is 2.43. The van der Waals surface area contributed by atoms with Gasteiger partial charge in [-0.25, -0.2) is 9.98 Å². The Morgan fingerprint density at radius 1 is 1.08 bits per heavy atom. The van der Waals surface area contributed by atoms with Crippen LogP contribution in [0.1, 0.15) is 24.8 Å². The number of benzene rings is 2. The zero-order valence-corrected chi connectivity index (χ0v) is 15.2. The van der Waals surface area contributed by atoms with Crippen molar-refractivity contribution in [2.24, 2.45) is 4.99 Å². The summed E-state index contributed by atoms with van der Waals surface area (Å²) in [5.74, 6) is 0.888. The molecule has 1 aliphatic rings. The summed E-state index contributed by atoms with van der Waals surface area (Å²) < 4.78 is 2.11. The molecule has 0 aliphatic carbocycles. The van der Waals surface area contributed by atoms with Crippen LogP contribution >= 0.6 is 23.2 Å². The van der Waals surface area contributed by atoms with Gasteiger partial charge in [0, 0.05) is 41.8 Å². The first-order valence-electron chi connectivity index (χ1n) is 8.43. The molecule has 0 bridgehead atoms. The van der Waals surface area contributed by atoms with Crippen molar-refractivity contribution >= 4 is 45.5 Å². The van der Waals surface area contributed by atoms with Gasteiger partial charge in [0.2, 0.25) is 0 Å². The van der Waals surface area contributed by atoms with Crippen LogP contribution in [0.4, 0.5) is 5.69 Å². The van der Waals surface area contributed by atoms with E-state index in [9.17, 15) is 0 Å². The molecule has 4 nitrogen and oxygen atoms in total. The highest BCUT2D eigenvalue weighted by Gasteiger charge is 2.21. The van der Waals surface area contributed by atoms with Crippen LogP contribution in [0.2, 0.25) is 10.0 Å². The van der Waals surface area contributed by atoms with Gasteiger partial charge in [0.25, 0.3) is 0 Å². The van der Waals surface area contributed by atoms with Gasteiger partial charge in [-0.3, -0.25) is 0 Å². The Balaban J connectivity index is 1.37. The predicted octanol–water partition coefficient (Wildman–Crippen LogP) is 5.19. The SMILES string of the molecule is Clc1cc(Cl)c2cccc3c2c1N=C3NCCCCCn1ccnc1. The molecule has 6 heteroatoms. The molecule has 1 aromatic heterocycles. The first-order valence-corrected chi connectivity index (χ1v) is 9.19. The lowest BCUT2D eigenvalue weighted by Crippen LogP contribution is -2.24. The second-order valence-corrected chi connectivity index (χ2v) is 6.98. The van der Waals surface area contributed by atoms with E-state index in [4.69, 9.17) is 28.2 Å². The summed E-state index contributed by atoms with van der Waals surface area (Å²) in [6, 6.07) is 7.86. The lowest BCUT2D eigenvalue weighted by molar-refractivity contribution is 0.583. The number of nitrogens with one attached hydrogen (secondary N) is 1. The summed E-state index contributed by atoms with van der Waals surface area (Å²) in [5.41, 5.74) is 1.90. The summed E-state index contributed by atoms with van der Waals surface area (Å²) in [4.78, 5) is 8.75. The summed E-state index contributed by atoms with van der Waals surface area (Å²) in [6.45, 7) is 1.90. The number of aryl methyl sites for hydroxylation is 1. The minimum atomic E-state index is 0.599. The third-order valence-corrected chi connectivity index (χ3v) is 5.06. The summed E-state index contributed by atoms with van der Waals surface area (Å²) in [7, 11) is 0. The van der Waals surface area contributed by atoms with Crippen LogP contribution in [0, 0.1) is 0 Å². The molecule has 4 rings (SSSR count). The lowest BCUT2D eigenvalue weighted by atomic mass is 10.0. The maximum atomic E-state index is 6.33. The van der Waals surface area contributed by atoms with Gasteiger partial charge in [0.1, 0.15) is 5.84 Å². The van der Waals surface area contributed by atoms with Gasteiger partial charge in [-0.15, -0.1) is 0 Å². The molecule has 1 N–H and O–H groups in total. The van der Waals surface area contributed by atoms with E-state index in [1.165, 1.54) is 0 Å². The predicted molar refractivity (Wildman–Crippen MR) is 104 cm³/mol. The zero-order valence-electron chi connectivity index (χ0n) is 13.7. The molecule has 0 amide bonds. The number of aliphatic imine (C=N–C) groups is 1. The quantitative estimate of drug-likeness (QED) is 0.604. The van der Waals surface area contributed by atoms with E-state index in [1.54, 1.807) is 6.07 Å². The van der Waals surface area contributed by atoms with Crippen LogP contribution in [0.5, 0.6) is 0 Å². The maximum Gasteiger partial charge on any atom is 0.134 e. The Labute approximate surface area is 156 Å². The summed E-state index contributed by atoms with van der Waals surface area (Å²) >= 11 is 12.7. The van der Waals surface area contributed by atoms with Crippen molar-refractivity contribution in [3.8, 4) is 0 Å². The Morgan fingerprint density at radius 3 is 2.84 bits per heavy atom. The van der Waals surface area contributed by atoms with Crippen LogP contribution in [-0.4, -0.2) is 21.9 Å². The second kappa shape index (κ2) is 7.06. The van der Waals surface area contributed by atoms with Crippen molar-refractivity contribution < 1.29 is 0 Å². The topological polar surface area (TPSA) is 42.2 Å². The molecule has 0 unspecified atom stereocenters. The minimum absolute atomic E-state index is 0.599. The average Bonchev–Trinajstić information content (AvgIpc) is 3.25. The van der Waals surface area contributed by atoms with Crippen LogP contribution in [0.3, 0.4) is 0 Å². The van der Waals surface area contributed by atoms with Crippen LogP contribution < -0.4 is 5.32 Å². The smallest absolute Gasteiger partial charge is 0.134 e. The second-order valence-electron chi connectivity index (χ2n) is 6.17. The van der Waals surface area contributed by atoms with Gasteiger partial charge in [0.05, 0.1) is 22.1 Å². The van der Waals surface area contributed by atoms with Crippen molar-refractivity contribution in [3.05, 3.63) is 58.6 Å². The number of halogens is 2. The van der Waals surface area contributed by atoms with Crippen LogP contribution in [0.15, 0.2) is 48.0 Å². The van der Waals surface area contributed by atoms with E-state index in [0.29, 0.717) is 10.0 Å². The third kappa shape index (κ3) is 3.24. The number of unbranched alkanes of at least 4 members (excludes halogenated alkanes) is 2. The molecule has 0 spiro atoms. The largest absolute Gasteiger partial charge is 0.370 e. The van der Waals surface area contributed by atoms with Gasteiger partial charge < -0.3 is 9.88 Å². The number of hydrogen-bond acceptors (Lipinski definition) is 3. The maximum absolute atomic E-state index is 6.33. The molecular weight excluding hydrogens is 355 g/mol. The van der Waals surface area contributed by atoms with Crippen molar-refractivity contribution in [2.45, 2.75) is 25.8 Å². The number of hydrogen-bond donors (Lipinski definition) is 1. The monoisotopic (exact) mass is 372 g/mol. The molecule has 0 radical (unpaired) electrons. The Bertz CT molecular complexity index is 932. The third-order valence-electron chi connectivity index (χ3n) is 4.46. The zero-order chi connectivity index (χ0) is 17.2. The van der Waals surface area contributed by atoms with E-state index >= 15 is 0 Å². The van der Waals surface area contributed by atoms with Crippen molar-refractivity contribution in [2.75, 3.05) is 6.54 Å². The number of aromatic nitrogens is 2. The highest BCUT2D eigenvalue weighted by atomic mass is 35.5. The molecule has 0 saturated carbocycles. The molecule has 2 aromatic carbocycles. The first-order chi connectivity index (χ1) is 12.2. The highest BCUT2D eigenvalue weighted by molar-refractivity contribution is 6.42. The van der Waals surface area contributed by atoms with Gasteiger partial charge in [-0.2, -0.15) is 0 Å². The molecule has 0 atom stereocenters. The Hall–Kier alpha value is -2.04. The fourth-order valence-electron chi connectivity index (χ4n) is 3.22. The van der Waals surface area contributed by atoms with Gasteiger partial charge in [0.15, 0.2) is 0 Å². The number of imidazole rings is 1. The first kappa shape index (κ1) is 16.4. The van der Waals surface area contributed by atoms with E-state index in [-0.39, 0.29) is 0 Å². The van der Waals surface area contributed by atoms with E-state index in [0.717, 1.165) is 60.2 Å². The normalized spacial score (nSPS) is 12.6. The average molecular weight is 373 g/mol. The van der Waals surface area contributed by atoms with Crippen LogP contribution in [0.25, 0.3) is 10.8 Å². The summed E-state index contributed by atoms with van der Waals surface area (Å²) in [6.07, 6.45) is 9.06. The number of rotatable bonds is 6. The molecule has 1 aliphatic heterocycles. The molecule has 2 heterocycles. The van der Waals surface area contributed by atoms with E-state index < -0.39 is 0 Å². The standard InChI is InChI=1S/C19H18Cl2N4/c20-15-11-16(21)18-17-13(15)5-4-6-14(17)19(24-18)23-7-2-1-3-9-25-10-8-22-12-25/h4-6,8,10-12H,1-3,7,9H2,(H,23,24). The van der Waals surface area contributed by atoms with Gasteiger partial charge in [-0.05, 0) is 25.3 Å². The minimum Gasteiger partial charge on any atom is -0.370 e. The fourth-order valence-corrected chi connectivity index (χ4v) is 3.79. The molecular formula is C19H18Cl2N4. The number of nitrogens with zero attached hydrogens (tertiary/aromatic N) is 3. The van der Waals surface area contributed by atoms with Gasteiger partial charge >= 0.3 is 0 Å². The molecule has 0 fully saturated rings. The molecule has 3 aromatic rings. The Morgan fingerprint density at radius 2 is 2.00 bits per heavy atom. The lowest BCUT2D eigenvalue weighted by Gasteiger charge is -2.08. The molecule has 25 heavy (non-hydrogen) atoms. The summed E-state index contributed by atoms with van der Waals surface area (Å²) in [5, 5.41) is 6.77. The fraction of sp³-hybridized carbons (Fsp3) is 0.263. The van der Waals surface area contributed by atoms with E-state index in [1.807, 2.05) is 30.9 Å². The Kier molecular flexibility index (Phi) is 4.64. The van der Waals surface area contributed by atoms with Crippen molar-refractivity contribution in [1.82, 2.24) is 14.9 Å². The number of amidine groups is 1. The van der Waals surface area contributed by atoms with Crippen LogP contribution in [-0.2, 0) is 6.54 Å².